The van der Waals surface area contributed by atoms with Crippen LogP contribution in [-0.2, 0) is 14.8 Å². The van der Waals surface area contributed by atoms with Crippen molar-refractivity contribution >= 4 is 10.0 Å². The maximum Gasteiger partial charge on any atom is 0.216 e. The molecule has 0 aromatic heterocycles. The molecular weight excluding hydrogens is 240 g/mol. The van der Waals surface area contributed by atoms with Crippen LogP contribution in [0.25, 0.3) is 0 Å². The van der Waals surface area contributed by atoms with Crippen LogP contribution in [0.2, 0.25) is 0 Å². The van der Waals surface area contributed by atoms with E-state index in [1.165, 1.54) is 0 Å². The number of rotatable bonds is 3. The Morgan fingerprint density at radius 2 is 1.94 bits per heavy atom. The first-order chi connectivity index (χ1) is 8.15. The summed E-state index contributed by atoms with van der Waals surface area (Å²) < 4.78 is 31.6. The fourth-order valence-electron chi connectivity index (χ4n) is 3.16. The molecule has 0 aliphatic carbocycles. The van der Waals surface area contributed by atoms with E-state index in [0.717, 1.165) is 32.5 Å². The van der Waals surface area contributed by atoms with Crippen molar-refractivity contribution in [3.05, 3.63) is 0 Å². The number of nitrogens with one attached hydrogen (secondary N) is 1. The standard InChI is InChI=1S/C11H20N2O3S/c14-17(15,8-11-2-1-3-16-11)13-6-9-4-12-5-10(9)7-13/h9-12H,1-8H2. The summed E-state index contributed by atoms with van der Waals surface area (Å²) in [5.41, 5.74) is 0. The smallest absolute Gasteiger partial charge is 0.216 e. The van der Waals surface area contributed by atoms with E-state index in [-0.39, 0.29) is 11.9 Å². The second-order valence-corrected chi connectivity index (χ2v) is 7.42. The van der Waals surface area contributed by atoms with Gasteiger partial charge in [-0.25, -0.2) is 12.7 Å². The van der Waals surface area contributed by atoms with E-state index in [0.29, 0.717) is 24.9 Å². The van der Waals surface area contributed by atoms with E-state index in [1.807, 2.05) is 0 Å². The van der Waals surface area contributed by atoms with Crippen molar-refractivity contribution in [2.45, 2.75) is 18.9 Å². The molecule has 17 heavy (non-hydrogen) atoms. The van der Waals surface area contributed by atoms with Gasteiger partial charge in [-0.2, -0.15) is 0 Å². The highest BCUT2D eigenvalue weighted by molar-refractivity contribution is 7.89. The summed E-state index contributed by atoms with van der Waals surface area (Å²) in [7, 11) is -3.10. The van der Waals surface area contributed by atoms with Gasteiger partial charge < -0.3 is 10.1 Å². The van der Waals surface area contributed by atoms with E-state index in [9.17, 15) is 8.42 Å². The zero-order valence-electron chi connectivity index (χ0n) is 9.97. The van der Waals surface area contributed by atoms with Crippen molar-refractivity contribution < 1.29 is 13.2 Å². The second kappa shape index (κ2) is 4.50. The van der Waals surface area contributed by atoms with Crippen molar-refractivity contribution in [1.82, 2.24) is 9.62 Å². The highest BCUT2D eigenvalue weighted by Crippen LogP contribution is 2.29. The molecule has 1 N–H and O–H groups in total. The molecular formula is C11H20N2O3S. The minimum absolute atomic E-state index is 0.0708. The van der Waals surface area contributed by atoms with Crippen LogP contribution in [-0.4, -0.2) is 57.4 Å². The van der Waals surface area contributed by atoms with Gasteiger partial charge in [-0.3, -0.25) is 0 Å². The Balaban J connectivity index is 1.63. The Morgan fingerprint density at radius 3 is 2.53 bits per heavy atom. The molecule has 98 valence electrons. The van der Waals surface area contributed by atoms with Crippen LogP contribution in [0.15, 0.2) is 0 Å². The van der Waals surface area contributed by atoms with Crippen molar-refractivity contribution in [3.8, 4) is 0 Å². The summed E-state index contributed by atoms with van der Waals surface area (Å²) in [5.74, 6) is 1.23. The van der Waals surface area contributed by atoms with Gasteiger partial charge in [0.05, 0.1) is 11.9 Å². The molecule has 3 atom stereocenters. The molecule has 3 unspecified atom stereocenters. The number of hydrogen-bond donors (Lipinski definition) is 1. The van der Waals surface area contributed by atoms with E-state index in [2.05, 4.69) is 5.32 Å². The van der Waals surface area contributed by atoms with Crippen LogP contribution in [0.4, 0.5) is 0 Å². The van der Waals surface area contributed by atoms with Crippen molar-refractivity contribution in [2.24, 2.45) is 11.8 Å². The fourth-order valence-corrected chi connectivity index (χ4v) is 4.94. The summed E-state index contributed by atoms with van der Waals surface area (Å²) in [5, 5.41) is 3.32. The minimum Gasteiger partial charge on any atom is -0.377 e. The lowest BCUT2D eigenvalue weighted by Gasteiger charge is -2.19. The molecule has 0 aromatic carbocycles. The molecule has 3 saturated heterocycles. The molecule has 0 amide bonds. The first-order valence-electron chi connectivity index (χ1n) is 6.45. The maximum atomic E-state index is 12.2. The Hall–Kier alpha value is -0.170. The Labute approximate surface area is 103 Å². The summed E-state index contributed by atoms with van der Waals surface area (Å²) >= 11 is 0. The molecule has 0 aromatic rings. The number of ether oxygens (including phenoxy) is 1. The van der Waals surface area contributed by atoms with Gasteiger partial charge in [0, 0.05) is 19.7 Å². The summed E-state index contributed by atoms with van der Waals surface area (Å²) in [4.78, 5) is 0. The molecule has 0 saturated carbocycles. The minimum atomic E-state index is -3.10. The number of sulfonamides is 1. The van der Waals surface area contributed by atoms with Gasteiger partial charge in [-0.1, -0.05) is 0 Å². The van der Waals surface area contributed by atoms with E-state index in [4.69, 9.17) is 4.74 Å². The monoisotopic (exact) mass is 260 g/mol. The number of hydrogen-bond acceptors (Lipinski definition) is 4. The third kappa shape index (κ3) is 2.36. The quantitative estimate of drug-likeness (QED) is 0.753. The predicted octanol–water partition coefficient (Wildman–Crippen LogP) is -0.354. The van der Waals surface area contributed by atoms with Crippen LogP contribution < -0.4 is 5.32 Å². The fraction of sp³-hybridized carbons (Fsp3) is 1.00. The highest BCUT2D eigenvalue weighted by atomic mass is 32.2. The van der Waals surface area contributed by atoms with Gasteiger partial charge in [0.25, 0.3) is 0 Å². The summed E-state index contributed by atoms with van der Waals surface area (Å²) in [6.07, 6.45) is 1.81. The Kier molecular flexibility index (Phi) is 3.15. The first kappa shape index (κ1) is 11.9. The average molecular weight is 260 g/mol. The van der Waals surface area contributed by atoms with Crippen molar-refractivity contribution in [1.29, 1.82) is 0 Å². The molecule has 0 spiro atoms. The molecule has 5 nitrogen and oxygen atoms in total. The number of nitrogens with zero attached hydrogens (tertiary/aromatic N) is 1. The molecule has 3 aliphatic rings. The van der Waals surface area contributed by atoms with Gasteiger partial charge in [-0.05, 0) is 37.8 Å². The van der Waals surface area contributed by atoms with E-state index < -0.39 is 10.0 Å². The molecule has 3 fully saturated rings. The van der Waals surface area contributed by atoms with E-state index in [1.54, 1.807) is 4.31 Å². The number of fused-ring (bicyclic) bond motifs is 1. The lowest BCUT2D eigenvalue weighted by Crippen LogP contribution is -2.36. The van der Waals surface area contributed by atoms with Crippen LogP contribution in [0.5, 0.6) is 0 Å². The van der Waals surface area contributed by atoms with Crippen molar-refractivity contribution in [2.75, 3.05) is 38.5 Å². The Bertz CT molecular complexity index is 366. The zero-order chi connectivity index (χ0) is 11.9. The molecule has 3 aliphatic heterocycles. The molecule has 3 rings (SSSR count). The SMILES string of the molecule is O=S(=O)(CC1CCCO1)N1CC2CNCC2C1. The maximum absolute atomic E-state index is 12.2. The molecule has 0 radical (unpaired) electrons. The van der Waals surface area contributed by atoms with Crippen LogP contribution >= 0.6 is 0 Å². The predicted molar refractivity (Wildman–Crippen MR) is 64.2 cm³/mol. The first-order valence-corrected chi connectivity index (χ1v) is 8.06. The third-order valence-electron chi connectivity index (χ3n) is 4.17. The van der Waals surface area contributed by atoms with Gasteiger partial charge in [0.1, 0.15) is 0 Å². The normalized spacial score (nSPS) is 38.7. The van der Waals surface area contributed by atoms with Gasteiger partial charge in [-0.15, -0.1) is 0 Å². The topological polar surface area (TPSA) is 58.6 Å². The zero-order valence-corrected chi connectivity index (χ0v) is 10.8. The lowest BCUT2D eigenvalue weighted by molar-refractivity contribution is 0.126. The van der Waals surface area contributed by atoms with E-state index >= 15 is 0 Å². The lowest BCUT2D eigenvalue weighted by atomic mass is 10.0. The van der Waals surface area contributed by atoms with Gasteiger partial charge in [0.2, 0.25) is 10.0 Å². The van der Waals surface area contributed by atoms with Crippen LogP contribution in [0.3, 0.4) is 0 Å². The summed E-state index contributed by atoms with van der Waals surface area (Å²) in [6, 6.07) is 0. The van der Waals surface area contributed by atoms with Gasteiger partial charge >= 0.3 is 0 Å². The van der Waals surface area contributed by atoms with Crippen LogP contribution in [0.1, 0.15) is 12.8 Å². The molecule has 3 heterocycles. The largest absolute Gasteiger partial charge is 0.377 e. The van der Waals surface area contributed by atoms with Gasteiger partial charge in [0.15, 0.2) is 0 Å². The average Bonchev–Trinajstić information content (AvgIpc) is 2.88. The van der Waals surface area contributed by atoms with Crippen molar-refractivity contribution in [3.63, 3.8) is 0 Å². The molecule has 6 heteroatoms. The summed E-state index contributed by atoms with van der Waals surface area (Å²) in [6.45, 7) is 4.06. The third-order valence-corrected chi connectivity index (χ3v) is 6.05. The Morgan fingerprint density at radius 1 is 1.24 bits per heavy atom. The highest BCUT2D eigenvalue weighted by Gasteiger charge is 2.41. The molecule has 0 bridgehead atoms. The second-order valence-electron chi connectivity index (χ2n) is 5.41. The van der Waals surface area contributed by atoms with Crippen LogP contribution in [0, 0.1) is 11.8 Å².